The molecule has 0 radical (unpaired) electrons. The van der Waals surface area contributed by atoms with Gasteiger partial charge in [-0.15, -0.1) is 10.2 Å². The number of hydrogen-bond acceptors (Lipinski definition) is 6. The van der Waals surface area contributed by atoms with Crippen LogP contribution in [0.3, 0.4) is 0 Å². The number of fused-ring (bicyclic) bond motifs is 1. The summed E-state index contributed by atoms with van der Waals surface area (Å²) in [7, 11) is 0. The molecule has 2 amide bonds. The second-order valence-electron chi connectivity index (χ2n) is 8.55. The number of amides is 2. The van der Waals surface area contributed by atoms with E-state index in [2.05, 4.69) is 10.2 Å². The maximum atomic E-state index is 13.4. The molecular weight excluding hydrogens is 386 g/mol. The van der Waals surface area contributed by atoms with Gasteiger partial charge in [0.15, 0.2) is 0 Å². The van der Waals surface area contributed by atoms with E-state index in [1.54, 1.807) is 13.8 Å². The summed E-state index contributed by atoms with van der Waals surface area (Å²) in [5.74, 6) is 1.69. The summed E-state index contributed by atoms with van der Waals surface area (Å²) in [6, 6.07) is -0.295. The average Bonchev–Trinajstić information content (AvgIpc) is 3.36. The van der Waals surface area contributed by atoms with E-state index < -0.39 is 0 Å². The minimum atomic E-state index is -0.295. The van der Waals surface area contributed by atoms with E-state index in [1.165, 1.54) is 0 Å². The second kappa shape index (κ2) is 8.73. The zero-order valence-electron chi connectivity index (χ0n) is 17.9. The van der Waals surface area contributed by atoms with Gasteiger partial charge in [-0.3, -0.25) is 14.4 Å². The van der Waals surface area contributed by atoms with Crippen LogP contribution in [-0.4, -0.2) is 75.1 Å². The van der Waals surface area contributed by atoms with Crippen molar-refractivity contribution < 1.29 is 19.1 Å². The summed E-state index contributed by atoms with van der Waals surface area (Å²) < 4.78 is 7.22. The van der Waals surface area contributed by atoms with Gasteiger partial charge in [0.05, 0.1) is 12.5 Å². The maximum absolute atomic E-state index is 13.4. The van der Waals surface area contributed by atoms with Gasteiger partial charge in [0.1, 0.15) is 17.7 Å². The molecule has 3 aliphatic rings. The summed E-state index contributed by atoms with van der Waals surface area (Å²) >= 11 is 0. The largest absolute Gasteiger partial charge is 0.466 e. The molecule has 4 rings (SSSR count). The second-order valence-corrected chi connectivity index (χ2v) is 8.55. The molecule has 0 N–H and O–H groups in total. The average molecular weight is 418 g/mol. The van der Waals surface area contributed by atoms with Crippen LogP contribution in [0.2, 0.25) is 0 Å². The van der Waals surface area contributed by atoms with Crippen molar-refractivity contribution in [2.45, 2.75) is 64.3 Å². The molecule has 0 saturated carbocycles. The number of carbonyl (C=O) groups excluding carboxylic acids is 3. The smallest absolute Gasteiger partial charge is 0.310 e. The van der Waals surface area contributed by atoms with Crippen molar-refractivity contribution in [3.8, 4) is 0 Å². The molecule has 9 nitrogen and oxygen atoms in total. The molecule has 2 atom stereocenters. The molecule has 2 saturated heterocycles. The number of aromatic nitrogens is 3. The Morgan fingerprint density at radius 3 is 2.50 bits per heavy atom. The topological polar surface area (TPSA) is 97.6 Å². The van der Waals surface area contributed by atoms with Crippen LogP contribution in [-0.2, 0) is 25.5 Å². The predicted molar refractivity (Wildman–Crippen MR) is 108 cm³/mol. The van der Waals surface area contributed by atoms with E-state index in [-0.39, 0.29) is 35.7 Å². The zero-order chi connectivity index (χ0) is 21.3. The summed E-state index contributed by atoms with van der Waals surface area (Å²) in [6.07, 6.45) is 4.73. The monoisotopic (exact) mass is 417 g/mol. The van der Waals surface area contributed by atoms with Gasteiger partial charge >= 0.3 is 5.97 Å². The fraction of sp³-hybridized carbons (Fsp3) is 0.762. The van der Waals surface area contributed by atoms with Gasteiger partial charge < -0.3 is 19.1 Å². The molecule has 9 heteroatoms. The van der Waals surface area contributed by atoms with Gasteiger partial charge in [-0.2, -0.15) is 0 Å². The fourth-order valence-corrected chi connectivity index (χ4v) is 5.05. The summed E-state index contributed by atoms with van der Waals surface area (Å²) in [4.78, 5) is 40.9. The normalized spacial score (nSPS) is 24.6. The zero-order valence-corrected chi connectivity index (χ0v) is 17.9. The first-order valence-corrected chi connectivity index (χ1v) is 11.1. The quantitative estimate of drug-likeness (QED) is 0.685. The Morgan fingerprint density at radius 2 is 1.80 bits per heavy atom. The lowest BCUT2D eigenvalue weighted by molar-refractivity contribution is -0.151. The Labute approximate surface area is 176 Å². The highest BCUT2D eigenvalue weighted by Crippen LogP contribution is 2.35. The molecule has 1 aromatic heterocycles. The van der Waals surface area contributed by atoms with Gasteiger partial charge in [-0.1, -0.05) is 0 Å². The summed E-state index contributed by atoms with van der Waals surface area (Å²) in [6.45, 7) is 6.31. The first kappa shape index (κ1) is 20.8. The van der Waals surface area contributed by atoms with Crippen LogP contribution in [0.5, 0.6) is 0 Å². The lowest BCUT2D eigenvalue weighted by atomic mass is 9.95. The maximum Gasteiger partial charge on any atom is 0.310 e. The van der Waals surface area contributed by atoms with Crippen LogP contribution in [0.25, 0.3) is 0 Å². The molecule has 2 fully saturated rings. The predicted octanol–water partition coefficient (Wildman–Crippen LogP) is 1.29. The number of aryl methyl sites for hydroxylation is 1. The third kappa shape index (κ3) is 3.94. The first-order valence-electron chi connectivity index (χ1n) is 11.1. The number of likely N-dealkylation sites (tertiary alicyclic amines) is 2. The van der Waals surface area contributed by atoms with Crippen molar-refractivity contribution in [1.82, 2.24) is 24.6 Å². The Kier molecular flexibility index (Phi) is 6.06. The van der Waals surface area contributed by atoms with Crippen LogP contribution >= 0.6 is 0 Å². The molecule has 3 aliphatic heterocycles. The highest BCUT2D eigenvalue weighted by atomic mass is 16.5. The van der Waals surface area contributed by atoms with Crippen LogP contribution in [0, 0.1) is 5.92 Å². The van der Waals surface area contributed by atoms with Crippen molar-refractivity contribution >= 4 is 17.8 Å². The van der Waals surface area contributed by atoms with E-state index in [4.69, 9.17) is 4.74 Å². The van der Waals surface area contributed by atoms with E-state index in [0.717, 1.165) is 50.2 Å². The number of rotatable bonds is 4. The van der Waals surface area contributed by atoms with E-state index >= 15 is 0 Å². The van der Waals surface area contributed by atoms with E-state index in [1.807, 2.05) is 14.4 Å². The molecule has 4 heterocycles. The Balaban J connectivity index is 1.47. The van der Waals surface area contributed by atoms with E-state index in [0.29, 0.717) is 32.8 Å². The Hall–Kier alpha value is -2.45. The van der Waals surface area contributed by atoms with Crippen LogP contribution < -0.4 is 0 Å². The van der Waals surface area contributed by atoms with Crippen LogP contribution in [0.4, 0.5) is 0 Å². The molecular formula is C21H31N5O4. The number of piperidine rings is 2. The summed E-state index contributed by atoms with van der Waals surface area (Å²) in [5, 5.41) is 8.80. The molecule has 1 aromatic rings. The molecule has 164 valence electrons. The van der Waals surface area contributed by atoms with E-state index in [9.17, 15) is 14.4 Å². The highest BCUT2D eigenvalue weighted by molar-refractivity contribution is 5.82. The molecule has 2 unspecified atom stereocenters. The lowest BCUT2D eigenvalue weighted by Gasteiger charge is -2.34. The van der Waals surface area contributed by atoms with Gasteiger partial charge in [0, 0.05) is 45.4 Å². The molecule has 0 aromatic carbocycles. The Bertz CT molecular complexity index is 814. The van der Waals surface area contributed by atoms with Crippen LogP contribution in [0.15, 0.2) is 0 Å². The van der Waals surface area contributed by atoms with Gasteiger partial charge in [-0.05, 0) is 39.0 Å². The molecule has 0 aliphatic carbocycles. The molecule has 30 heavy (non-hydrogen) atoms. The molecule has 0 bridgehead atoms. The summed E-state index contributed by atoms with van der Waals surface area (Å²) in [5.41, 5.74) is 0. The number of nitrogens with zero attached hydrogens (tertiary/aromatic N) is 5. The number of esters is 1. The number of carbonyl (C=O) groups is 3. The minimum Gasteiger partial charge on any atom is -0.466 e. The van der Waals surface area contributed by atoms with Gasteiger partial charge in [0.25, 0.3) is 0 Å². The van der Waals surface area contributed by atoms with Crippen molar-refractivity contribution in [3.63, 3.8) is 0 Å². The lowest BCUT2D eigenvalue weighted by Crippen LogP contribution is -2.45. The third-order valence-corrected chi connectivity index (χ3v) is 6.69. The van der Waals surface area contributed by atoms with Crippen molar-refractivity contribution in [3.05, 3.63) is 11.6 Å². The van der Waals surface area contributed by atoms with Crippen molar-refractivity contribution in [1.29, 1.82) is 0 Å². The Morgan fingerprint density at radius 1 is 1.03 bits per heavy atom. The number of hydrogen-bond donors (Lipinski definition) is 0. The van der Waals surface area contributed by atoms with Gasteiger partial charge in [-0.25, -0.2) is 0 Å². The highest BCUT2D eigenvalue weighted by Gasteiger charge is 2.39. The van der Waals surface area contributed by atoms with Crippen molar-refractivity contribution in [2.75, 3.05) is 32.8 Å². The minimum absolute atomic E-state index is 0.0602. The fourth-order valence-electron chi connectivity index (χ4n) is 5.05. The van der Waals surface area contributed by atoms with Crippen molar-refractivity contribution in [2.24, 2.45) is 5.92 Å². The molecule has 0 spiro atoms. The SMILES string of the molecule is CCOC(=O)C1CCCN(C(=O)C2CCc3nnc(C4CCN(C(C)=O)CC4)n32)C1. The standard InChI is InChI=1S/C21H31N5O4/c1-3-30-21(29)16-5-4-10-25(13-16)20(28)17-6-7-18-22-23-19(26(17)18)15-8-11-24(12-9-15)14(2)27/h15-17H,3-13H2,1-2H3. The third-order valence-electron chi connectivity index (χ3n) is 6.69. The van der Waals surface area contributed by atoms with Gasteiger partial charge in [0.2, 0.25) is 11.8 Å². The van der Waals surface area contributed by atoms with Crippen LogP contribution in [0.1, 0.15) is 69.6 Å². The number of ether oxygens (including phenoxy) is 1. The first-order chi connectivity index (χ1) is 14.5.